The summed E-state index contributed by atoms with van der Waals surface area (Å²) in [5, 5.41) is 7.25. The standard InChI is InChI=1S/C20H23N5O2/c1-12-7-6-8-17(9-12)22-18(26)11-24-19(27)15(4)16(5)21-20(24)25-14(3)10-13(2)23-25/h6-10H,11H2,1-5H3,(H,22,26). The number of hydrogen-bond donors (Lipinski definition) is 1. The smallest absolute Gasteiger partial charge is 0.258 e. The van der Waals surface area contributed by atoms with E-state index in [4.69, 9.17) is 0 Å². The monoisotopic (exact) mass is 365 g/mol. The molecule has 0 aliphatic carbocycles. The highest BCUT2D eigenvalue weighted by Crippen LogP contribution is 2.12. The van der Waals surface area contributed by atoms with E-state index >= 15 is 0 Å². The van der Waals surface area contributed by atoms with Gasteiger partial charge in [-0.2, -0.15) is 5.10 Å². The molecule has 0 spiro atoms. The minimum absolute atomic E-state index is 0.144. The van der Waals surface area contributed by atoms with Crippen LogP contribution in [0.3, 0.4) is 0 Å². The Morgan fingerprint density at radius 2 is 1.85 bits per heavy atom. The van der Waals surface area contributed by atoms with Crippen molar-refractivity contribution in [3.8, 4) is 5.95 Å². The highest BCUT2D eigenvalue weighted by atomic mass is 16.2. The molecule has 0 fully saturated rings. The molecule has 0 aliphatic heterocycles. The van der Waals surface area contributed by atoms with Crippen molar-refractivity contribution in [1.29, 1.82) is 0 Å². The molecule has 27 heavy (non-hydrogen) atoms. The van der Waals surface area contributed by atoms with Gasteiger partial charge in [-0.25, -0.2) is 9.67 Å². The van der Waals surface area contributed by atoms with E-state index in [9.17, 15) is 9.59 Å². The van der Waals surface area contributed by atoms with Crippen molar-refractivity contribution in [1.82, 2.24) is 19.3 Å². The van der Waals surface area contributed by atoms with Gasteiger partial charge in [-0.15, -0.1) is 0 Å². The Kier molecular flexibility index (Phi) is 4.94. The molecule has 0 radical (unpaired) electrons. The maximum atomic E-state index is 12.8. The Morgan fingerprint density at radius 3 is 2.48 bits per heavy atom. The fourth-order valence-electron chi connectivity index (χ4n) is 2.94. The van der Waals surface area contributed by atoms with Crippen molar-refractivity contribution in [2.75, 3.05) is 5.32 Å². The van der Waals surface area contributed by atoms with Crippen molar-refractivity contribution >= 4 is 11.6 Å². The summed E-state index contributed by atoms with van der Waals surface area (Å²) in [4.78, 5) is 30.0. The van der Waals surface area contributed by atoms with Crippen molar-refractivity contribution in [3.05, 3.63) is 68.9 Å². The Hall–Kier alpha value is -3.22. The first-order valence-electron chi connectivity index (χ1n) is 8.74. The van der Waals surface area contributed by atoms with E-state index in [0.29, 0.717) is 22.9 Å². The third-order valence-corrected chi connectivity index (χ3v) is 4.42. The van der Waals surface area contributed by atoms with Gasteiger partial charge in [0.15, 0.2) is 0 Å². The lowest BCUT2D eigenvalue weighted by molar-refractivity contribution is -0.116. The van der Waals surface area contributed by atoms with Gasteiger partial charge in [0.1, 0.15) is 6.54 Å². The lowest BCUT2D eigenvalue weighted by Gasteiger charge is -2.15. The zero-order valence-electron chi connectivity index (χ0n) is 16.2. The number of aryl methyl sites for hydroxylation is 4. The molecule has 1 N–H and O–H groups in total. The van der Waals surface area contributed by atoms with Crippen LogP contribution in [0, 0.1) is 34.6 Å². The van der Waals surface area contributed by atoms with E-state index in [2.05, 4.69) is 15.4 Å². The van der Waals surface area contributed by atoms with E-state index in [-0.39, 0.29) is 18.0 Å². The first-order valence-corrected chi connectivity index (χ1v) is 8.74. The molecule has 140 valence electrons. The van der Waals surface area contributed by atoms with E-state index in [1.807, 2.05) is 51.1 Å². The van der Waals surface area contributed by atoms with Gasteiger partial charge in [-0.3, -0.25) is 14.2 Å². The number of amides is 1. The summed E-state index contributed by atoms with van der Waals surface area (Å²) in [7, 11) is 0. The largest absolute Gasteiger partial charge is 0.325 e. The third-order valence-electron chi connectivity index (χ3n) is 4.42. The number of carbonyl (C=O) groups excluding carboxylic acids is 1. The van der Waals surface area contributed by atoms with Gasteiger partial charge in [0.05, 0.1) is 5.69 Å². The fraction of sp³-hybridized carbons (Fsp3) is 0.300. The minimum Gasteiger partial charge on any atom is -0.325 e. The van der Waals surface area contributed by atoms with Crippen LogP contribution in [0.4, 0.5) is 5.69 Å². The van der Waals surface area contributed by atoms with Gasteiger partial charge in [0.2, 0.25) is 11.9 Å². The molecule has 0 aliphatic rings. The highest BCUT2D eigenvalue weighted by molar-refractivity contribution is 5.90. The average Bonchev–Trinajstić information content (AvgIpc) is 2.93. The summed E-state index contributed by atoms with van der Waals surface area (Å²) in [6.07, 6.45) is 0. The van der Waals surface area contributed by atoms with Crippen LogP contribution < -0.4 is 10.9 Å². The van der Waals surface area contributed by atoms with Crippen LogP contribution in [0.1, 0.15) is 28.2 Å². The van der Waals surface area contributed by atoms with Crippen molar-refractivity contribution in [2.24, 2.45) is 0 Å². The lowest BCUT2D eigenvalue weighted by Crippen LogP contribution is -2.33. The summed E-state index contributed by atoms with van der Waals surface area (Å²) < 4.78 is 2.97. The number of nitrogens with one attached hydrogen (secondary N) is 1. The molecule has 1 amide bonds. The first-order chi connectivity index (χ1) is 12.8. The zero-order chi connectivity index (χ0) is 19.7. The quantitative estimate of drug-likeness (QED) is 0.770. The van der Waals surface area contributed by atoms with Crippen LogP contribution in [0.5, 0.6) is 0 Å². The Balaban J connectivity index is 2.01. The number of carbonyl (C=O) groups is 1. The lowest BCUT2D eigenvalue weighted by atomic mass is 10.2. The summed E-state index contributed by atoms with van der Waals surface area (Å²) in [6, 6.07) is 9.41. The Bertz CT molecular complexity index is 1080. The minimum atomic E-state index is -0.296. The molecule has 7 heteroatoms. The number of aromatic nitrogens is 4. The van der Waals surface area contributed by atoms with E-state index in [1.54, 1.807) is 18.5 Å². The average molecular weight is 365 g/mol. The summed E-state index contributed by atoms with van der Waals surface area (Å²) >= 11 is 0. The molecule has 0 unspecified atom stereocenters. The van der Waals surface area contributed by atoms with Crippen molar-refractivity contribution < 1.29 is 4.79 Å². The van der Waals surface area contributed by atoms with Crippen LogP contribution in [0.15, 0.2) is 35.1 Å². The summed E-state index contributed by atoms with van der Waals surface area (Å²) in [5.74, 6) is 0.0450. The van der Waals surface area contributed by atoms with Gasteiger partial charge in [0.25, 0.3) is 5.56 Å². The predicted molar refractivity (Wildman–Crippen MR) is 104 cm³/mol. The van der Waals surface area contributed by atoms with Crippen molar-refractivity contribution in [2.45, 2.75) is 41.2 Å². The molecule has 2 aromatic heterocycles. The van der Waals surface area contributed by atoms with Crippen LogP contribution in [0.2, 0.25) is 0 Å². The molecule has 0 atom stereocenters. The molecular formula is C20H23N5O2. The van der Waals surface area contributed by atoms with E-state index in [1.165, 1.54) is 4.57 Å². The van der Waals surface area contributed by atoms with Crippen LogP contribution in [-0.4, -0.2) is 25.2 Å². The third kappa shape index (κ3) is 3.81. The fourth-order valence-corrected chi connectivity index (χ4v) is 2.94. The van der Waals surface area contributed by atoms with Crippen LogP contribution in [0.25, 0.3) is 5.95 Å². The summed E-state index contributed by atoms with van der Waals surface area (Å²) in [6.45, 7) is 9.06. The summed E-state index contributed by atoms with van der Waals surface area (Å²) in [5.41, 5.74) is 4.29. The van der Waals surface area contributed by atoms with Gasteiger partial charge in [-0.1, -0.05) is 12.1 Å². The molecule has 0 bridgehead atoms. The zero-order valence-corrected chi connectivity index (χ0v) is 16.2. The van der Waals surface area contributed by atoms with Gasteiger partial charge in [0, 0.05) is 22.6 Å². The van der Waals surface area contributed by atoms with Crippen LogP contribution >= 0.6 is 0 Å². The second-order valence-corrected chi connectivity index (χ2v) is 6.77. The maximum absolute atomic E-state index is 12.8. The van der Waals surface area contributed by atoms with Gasteiger partial charge >= 0.3 is 0 Å². The number of benzene rings is 1. The number of anilines is 1. The molecule has 0 saturated carbocycles. The maximum Gasteiger partial charge on any atom is 0.258 e. The second-order valence-electron chi connectivity index (χ2n) is 6.77. The number of hydrogen-bond acceptors (Lipinski definition) is 4. The molecule has 2 heterocycles. The van der Waals surface area contributed by atoms with E-state index < -0.39 is 0 Å². The molecule has 3 rings (SSSR count). The molecule has 1 aromatic carbocycles. The molecular weight excluding hydrogens is 342 g/mol. The molecule has 0 saturated heterocycles. The second kappa shape index (κ2) is 7.19. The Labute approximate surface area is 157 Å². The number of nitrogens with zero attached hydrogens (tertiary/aromatic N) is 4. The molecule has 7 nitrogen and oxygen atoms in total. The van der Waals surface area contributed by atoms with Crippen LogP contribution in [-0.2, 0) is 11.3 Å². The first kappa shape index (κ1) is 18.6. The molecule has 3 aromatic rings. The Morgan fingerprint density at radius 1 is 1.11 bits per heavy atom. The predicted octanol–water partition coefficient (Wildman–Crippen LogP) is 2.61. The van der Waals surface area contributed by atoms with Gasteiger partial charge in [-0.05, 0) is 58.4 Å². The van der Waals surface area contributed by atoms with Gasteiger partial charge < -0.3 is 5.32 Å². The van der Waals surface area contributed by atoms with E-state index in [0.717, 1.165) is 17.0 Å². The SMILES string of the molecule is Cc1cccc(NC(=O)Cn2c(-n3nc(C)cc3C)nc(C)c(C)c2=O)c1. The highest BCUT2D eigenvalue weighted by Gasteiger charge is 2.18. The number of rotatable bonds is 4. The normalized spacial score (nSPS) is 10.9. The topological polar surface area (TPSA) is 81.8 Å². The van der Waals surface area contributed by atoms with Crippen molar-refractivity contribution in [3.63, 3.8) is 0 Å².